The number of benzene rings is 3. The van der Waals surface area contributed by atoms with Crippen molar-refractivity contribution in [3.8, 4) is 11.5 Å². The van der Waals surface area contributed by atoms with Gasteiger partial charge < -0.3 is 14.8 Å². The average molecular weight is 406 g/mol. The summed E-state index contributed by atoms with van der Waals surface area (Å²) in [6.07, 6.45) is 0. The number of hydrogen-bond donors (Lipinski definition) is 1. The third-order valence-electron chi connectivity index (χ3n) is 4.00. The maximum Gasteiger partial charge on any atom is 0.163 e. The second-order valence-electron chi connectivity index (χ2n) is 5.84. The number of anilines is 1. The Kier molecular flexibility index (Phi) is 6.43. The van der Waals surface area contributed by atoms with Crippen LogP contribution in [0.5, 0.6) is 11.5 Å². The molecule has 3 nitrogen and oxygen atoms in total. The van der Waals surface area contributed by atoms with Gasteiger partial charge in [0.2, 0.25) is 0 Å². The van der Waals surface area contributed by atoms with Gasteiger partial charge in [-0.3, -0.25) is 0 Å². The van der Waals surface area contributed by atoms with E-state index in [4.69, 9.17) is 32.7 Å². The normalized spacial score (nSPS) is 10.5. The monoisotopic (exact) mass is 405 g/mol. The molecule has 0 amide bonds. The summed E-state index contributed by atoms with van der Waals surface area (Å²) in [4.78, 5) is 0. The van der Waals surface area contributed by atoms with Crippen LogP contribution in [-0.2, 0) is 13.2 Å². The van der Waals surface area contributed by atoms with Crippen molar-refractivity contribution in [1.29, 1.82) is 0 Å². The smallest absolute Gasteiger partial charge is 0.163 e. The molecule has 0 aromatic heterocycles. The molecule has 27 heavy (non-hydrogen) atoms. The van der Waals surface area contributed by atoms with Gasteiger partial charge in [-0.1, -0.05) is 41.4 Å². The third kappa shape index (κ3) is 5.06. The SMILES string of the molecule is COc1cc(CNc2ccc(F)cc2)c(Cl)cc1OCc1ccccc1Cl. The largest absolute Gasteiger partial charge is 0.493 e. The van der Waals surface area contributed by atoms with Crippen LogP contribution in [0.1, 0.15) is 11.1 Å². The lowest BCUT2D eigenvalue weighted by Crippen LogP contribution is -2.03. The van der Waals surface area contributed by atoms with Crippen LogP contribution in [0.3, 0.4) is 0 Å². The van der Waals surface area contributed by atoms with Crippen molar-refractivity contribution in [2.24, 2.45) is 0 Å². The molecular formula is C21H18Cl2FNO2. The fraction of sp³-hybridized carbons (Fsp3) is 0.143. The lowest BCUT2D eigenvalue weighted by molar-refractivity contribution is 0.284. The van der Waals surface area contributed by atoms with E-state index in [1.54, 1.807) is 25.3 Å². The minimum atomic E-state index is -0.278. The number of ether oxygens (including phenoxy) is 2. The summed E-state index contributed by atoms with van der Waals surface area (Å²) in [7, 11) is 1.57. The molecule has 140 valence electrons. The molecule has 3 rings (SSSR count). The van der Waals surface area contributed by atoms with Crippen molar-refractivity contribution >= 4 is 28.9 Å². The molecule has 0 aliphatic heterocycles. The molecule has 6 heteroatoms. The molecule has 0 aliphatic carbocycles. The second-order valence-corrected chi connectivity index (χ2v) is 6.65. The van der Waals surface area contributed by atoms with E-state index >= 15 is 0 Å². The van der Waals surface area contributed by atoms with E-state index in [0.29, 0.717) is 34.7 Å². The fourth-order valence-electron chi connectivity index (χ4n) is 2.52. The van der Waals surface area contributed by atoms with E-state index in [2.05, 4.69) is 5.32 Å². The number of hydrogen-bond acceptors (Lipinski definition) is 3. The molecule has 0 atom stereocenters. The van der Waals surface area contributed by atoms with Crippen LogP contribution < -0.4 is 14.8 Å². The quantitative estimate of drug-likeness (QED) is 0.497. The Morgan fingerprint density at radius 2 is 1.63 bits per heavy atom. The van der Waals surface area contributed by atoms with Crippen molar-refractivity contribution < 1.29 is 13.9 Å². The van der Waals surface area contributed by atoms with Gasteiger partial charge in [0.15, 0.2) is 11.5 Å². The predicted molar refractivity (Wildman–Crippen MR) is 108 cm³/mol. The molecule has 0 bridgehead atoms. The Hall–Kier alpha value is -2.43. The molecule has 1 N–H and O–H groups in total. The van der Waals surface area contributed by atoms with Gasteiger partial charge >= 0.3 is 0 Å². The minimum Gasteiger partial charge on any atom is -0.493 e. The maximum absolute atomic E-state index is 13.0. The molecule has 0 aliphatic rings. The summed E-state index contributed by atoms with van der Waals surface area (Å²) >= 11 is 12.6. The van der Waals surface area contributed by atoms with Crippen molar-refractivity contribution in [2.75, 3.05) is 12.4 Å². The highest BCUT2D eigenvalue weighted by Crippen LogP contribution is 2.34. The molecule has 0 saturated heterocycles. The zero-order valence-electron chi connectivity index (χ0n) is 14.6. The predicted octanol–water partition coefficient (Wildman–Crippen LogP) is 6.33. The molecule has 0 saturated carbocycles. The van der Waals surface area contributed by atoms with Crippen LogP contribution in [0.25, 0.3) is 0 Å². The molecule has 0 fully saturated rings. The highest BCUT2D eigenvalue weighted by atomic mass is 35.5. The van der Waals surface area contributed by atoms with Gasteiger partial charge in [0.05, 0.1) is 7.11 Å². The van der Waals surface area contributed by atoms with Crippen molar-refractivity contribution in [3.63, 3.8) is 0 Å². The van der Waals surface area contributed by atoms with Gasteiger partial charge in [0, 0.05) is 33.9 Å². The highest BCUT2D eigenvalue weighted by Gasteiger charge is 2.12. The number of halogens is 3. The summed E-state index contributed by atoms with van der Waals surface area (Å²) in [6, 6.07) is 17.2. The summed E-state index contributed by atoms with van der Waals surface area (Å²) in [6.45, 7) is 0.769. The Labute approximate surface area is 167 Å². The summed E-state index contributed by atoms with van der Waals surface area (Å²) in [5, 5.41) is 4.38. The van der Waals surface area contributed by atoms with E-state index < -0.39 is 0 Å². The first-order chi connectivity index (χ1) is 13.1. The van der Waals surface area contributed by atoms with Gasteiger partial charge in [0.25, 0.3) is 0 Å². The Morgan fingerprint density at radius 1 is 0.889 bits per heavy atom. The van der Waals surface area contributed by atoms with E-state index in [1.165, 1.54) is 12.1 Å². The summed E-state index contributed by atoms with van der Waals surface area (Å²) in [5.74, 6) is 0.829. The van der Waals surface area contributed by atoms with Crippen LogP contribution in [0.4, 0.5) is 10.1 Å². The van der Waals surface area contributed by atoms with Crippen LogP contribution in [0, 0.1) is 5.82 Å². The Bertz CT molecular complexity index is 917. The van der Waals surface area contributed by atoms with Gasteiger partial charge in [0.1, 0.15) is 12.4 Å². The van der Waals surface area contributed by atoms with Crippen molar-refractivity contribution in [3.05, 3.63) is 87.7 Å². The van der Waals surface area contributed by atoms with Crippen LogP contribution in [0.15, 0.2) is 60.7 Å². The van der Waals surface area contributed by atoms with E-state index in [1.807, 2.05) is 30.3 Å². The van der Waals surface area contributed by atoms with E-state index in [0.717, 1.165) is 16.8 Å². The number of methoxy groups -OCH3 is 1. The van der Waals surface area contributed by atoms with Gasteiger partial charge in [-0.2, -0.15) is 0 Å². The molecule has 0 radical (unpaired) electrons. The lowest BCUT2D eigenvalue weighted by Gasteiger charge is -2.15. The highest BCUT2D eigenvalue weighted by molar-refractivity contribution is 6.31. The lowest BCUT2D eigenvalue weighted by atomic mass is 10.2. The number of rotatable bonds is 7. The molecule has 3 aromatic carbocycles. The second kappa shape index (κ2) is 8.98. The first-order valence-electron chi connectivity index (χ1n) is 8.29. The topological polar surface area (TPSA) is 30.5 Å². The first kappa shape index (κ1) is 19.3. The van der Waals surface area contributed by atoms with Crippen LogP contribution >= 0.6 is 23.2 Å². The third-order valence-corrected chi connectivity index (χ3v) is 4.72. The summed E-state index contributed by atoms with van der Waals surface area (Å²) < 4.78 is 24.3. The van der Waals surface area contributed by atoms with E-state index in [-0.39, 0.29) is 5.82 Å². The fourth-order valence-corrected chi connectivity index (χ4v) is 2.93. The molecule has 3 aromatic rings. The van der Waals surface area contributed by atoms with Crippen LogP contribution in [0.2, 0.25) is 10.0 Å². The molecular weight excluding hydrogens is 388 g/mol. The molecule has 0 spiro atoms. The van der Waals surface area contributed by atoms with E-state index in [9.17, 15) is 4.39 Å². The van der Waals surface area contributed by atoms with Crippen molar-refractivity contribution in [2.45, 2.75) is 13.2 Å². The molecule has 0 heterocycles. The first-order valence-corrected chi connectivity index (χ1v) is 9.04. The van der Waals surface area contributed by atoms with Gasteiger partial charge in [-0.15, -0.1) is 0 Å². The van der Waals surface area contributed by atoms with Gasteiger partial charge in [-0.05, 0) is 42.0 Å². The van der Waals surface area contributed by atoms with Gasteiger partial charge in [-0.25, -0.2) is 4.39 Å². The summed E-state index contributed by atoms with van der Waals surface area (Å²) in [5.41, 5.74) is 2.51. The molecule has 0 unspecified atom stereocenters. The minimum absolute atomic E-state index is 0.278. The van der Waals surface area contributed by atoms with Crippen molar-refractivity contribution in [1.82, 2.24) is 0 Å². The Balaban J connectivity index is 1.72. The Morgan fingerprint density at radius 3 is 2.33 bits per heavy atom. The number of nitrogens with one attached hydrogen (secondary N) is 1. The average Bonchev–Trinajstić information content (AvgIpc) is 2.68. The standard InChI is InChI=1S/C21H18Cl2FNO2/c1-26-20-10-15(12-25-17-8-6-16(24)7-9-17)19(23)11-21(20)27-13-14-4-2-3-5-18(14)22/h2-11,25H,12-13H2,1H3. The zero-order chi connectivity index (χ0) is 19.2. The zero-order valence-corrected chi connectivity index (χ0v) is 16.1. The maximum atomic E-state index is 13.0. The van der Waals surface area contributed by atoms with Crippen LogP contribution in [-0.4, -0.2) is 7.11 Å².